The molecule has 0 radical (unpaired) electrons. The molecule has 144 valence electrons. The maximum absolute atomic E-state index is 14.0. The lowest BCUT2D eigenvalue weighted by Gasteiger charge is -2.59. The van der Waals surface area contributed by atoms with E-state index in [0.717, 1.165) is 16.8 Å². The maximum atomic E-state index is 14.0. The number of carbonyl (C=O) groups excluding carboxylic acids is 1. The van der Waals surface area contributed by atoms with Crippen molar-refractivity contribution in [3.63, 3.8) is 0 Å². The molecule has 3 aromatic carbocycles. The molecule has 1 amide bonds. The van der Waals surface area contributed by atoms with Gasteiger partial charge in [-0.3, -0.25) is 9.69 Å². The summed E-state index contributed by atoms with van der Waals surface area (Å²) in [7, 11) is 0. The van der Waals surface area contributed by atoms with Gasteiger partial charge in [0.2, 0.25) is 0 Å². The van der Waals surface area contributed by atoms with Crippen molar-refractivity contribution < 1.29 is 9.53 Å². The molecule has 2 aliphatic heterocycles. The van der Waals surface area contributed by atoms with Crippen molar-refractivity contribution in [2.45, 2.75) is 30.8 Å². The molecule has 5 nitrogen and oxygen atoms in total. The number of carbonyl (C=O) groups is 1. The number of azo groups is 1. The molecule has 5 heteroatoms. The smallest absolute Gasteiger partial charge is 0.289 e. The zero-order chi connectivity index (χ0) is 20.1. The first-order chi connectivity index (χ1) is 14.0. The fourth-order valence-electron chi connectivity index (χ4n) is 4.41. The van der Waals surface area contributed by atoms with Gasteiger partial charge in [0.25, 0.3) is 11.8 Å². The molecule has 2 heterocycles. The summed E-state index contributed by atoms with van der Waals surface area (Å²) in [5.74, 6) is -1.38. The van der Waals surface area contributed by atoms with E-state index in [9.17, 15) is 4.79 Å². The van der Waals surface area contributed by atoms with Crippen LogP contribution in [-0.2, 0) is 14.9 Å². The molecule has 0 aromatic heterocycles. The normalized spacial score (nSPS) is 23.9. The predicted molar refractivity (Wildman–Crippen MR) is 110 cm³/mol. The van der Waals surface area contributed by atoms with Crippen LogP contribution in [0.15, 0.2) is 101 Å². The molecule has 0 aliphatic carbocycles. The van der Waals surface area contributed by atoms with Gasteiger partial charge >= 0.3 is 0 Å². The first kappa shape index (κ1) is 17.8. The Morgan fingerprint density at radius 2 is 1.21 bits per heavy atom. The molecule has 1 fully saturated rings. The van der Waals surface area contributed by atoms with Gasteiger partial charge in [-0.15, -0.1) is 5.11 Å². The second kappa shape index (κ2) is 6.09. The van der Waals surface area contributed by atoms with Gasteiger partial charge in [0, 0.05) is 5.69 Å². The van der Waals surface area contributed by atoms with Crippen LogP contribution in [0, 0.1) is 0 Å². The summed E-state index contributed by atoms with van der Waals surface area (Å²) in [5, 5.41) is 9.06. The highest BCUT2D eigenvalue weighted by Gasteiger charge is 2.78. The van der Waals surface area contributed by atoms with E-state index >= 15 is 0 Å². The van der Waals surface area contributed by atoms with Crippen LogP contribution in [0.5, 0.6) is 0 Å². The summed E-state index contributed by atoms with van der Waals surface area (Å²) >= 11 is 0. The third-order valence-corrected chi connectivity index (χ3v) is 5.56. The van der Waals surface area contributed by atoms with E-state index in [1.165, 1.54) is 0 Å². The Balaban J connectivity index is 1.81. The van der Waals surface area contributed by atoms with Crippen molar-refractivity contribution in [3.8, 4) is 0 Å². The lowest BCUT2D eigenvalue weighted by molar-refractivity contribution is -0.183. The van der Waals surface area contributed by atoms with Crippen LogP contribution in [0.3, 0.4) is 0 Å². The number of ether oxygens (including phenoxy) is 1. The molecule has 29 heavy (non-hydrogen) atoms. The van der Waals surface area contributed by atoms with E-state index < -0.39 is 17.0 Å². The Bertz CT molecular complexity index is 1040. The summed E-state index contributed by atoms with van der Waals surface area (Å²) in [6, 6.07) is 29.0. The first-order valence-corrected chi connectivity index (χ1v) is 9.66. The molecule has 1 saturated heterocycles. The number of rotatable bonds is 3. The minimum absolute atomic E-state index is 0.0854. The molecule has 5 rings (SSSR count). The average Bonchev–Trinajstić information content (AvgIpc) is 3.08. The number of hydrogen-bond donors (Lipinski definition) is 0. The van der Waals surface area contributed by atoms with Crippen molar-refractivity contribution in [1.29, 1.82) is 0 Å². The fourth-order valence-corrected chi connectivity index (χ4v) is 4.41. The summed E-state index contributed by atoms with van der Waals surface area (Å²) in [5.41, 5.74) is 0.433. The molecule has 3 aromatic rings. The Labute approximate surface area is 169 Å². The number of amides is 1. The minimum atomic E-state index is -1.29. The van der Waals surface area contributed by atoms with E-state index in [2.05, 4.69) is 10.2 Å². The van der Waals surface area contributed by atoms with E-state index in [1.807, 2.05) is 105 Å². The zero-order valence-corrected chi connectivity index (χ0v) is 16.3. The molecule has 1 spiro atoms. The number of benzene rings is 3. The largest absolute Gasteiger partial charge is 0.304 e. The highest BCUT2D eigenvalue weighted by molar-refractivity contribution is 6.13. The van der Waals surface area contributed by atoms with Gasteiger partial charge < -0.3 is 4.74 Å². The lowest BCUT2D eigenvalue weighted by Crippen LogP contribution is -2.81. The number of hydrogen-bond acceptors (Lipinski definition) is 4. The van der Waals surface area contributed by atoms with Gasteiger partial charge in [0.05, 0.1) is 0 Å². The van der Waals surface area contributed by atoms with Gasteiger partial charge in [0.15, 0.2) is 11.1 Å². The van der Waals surface area contributed by atoms with E-state index in [4.69, 9.17) is 4.74 Å². The second-order valence-corrected chi connectivity index (χ2v) is 7.82. The topological polar surface area (TPSA) is 54.3 Å². The molecule has 0 unspecified atom stereocenters. The molecule has 0 N–H and O–H groups in total. The highest BCUT2D eigenvalue weighted by Crippen LogP contribution is 2.60. The van der Waals surface area contributed by atoms with Crippen molar-refractivity contribution >= 4 is 11.6 Å². The Morgan fingerprint density at radius 1 is 0.724 bits per heavy atom. The Kier molecular flexibility index (Phi) is 3.73. The van der Waals surface area contributed by atoms with Crippen molar-refractivity contribution in [1.82, 2.24) is 0 Å². The molecular formula is C24H21N3O2. The first-order valence-electron chi connectivity index (χ1n) is 9.66. The predicted octanol–water partition coefficient (Wildman–Crippen LogP) is 4.89. The number of para-hydroxylation sites is 1. The monoisotopic (exact) mass is 383 g/mol. The fraction of sp³-hybridized carbons (Fsp3) is 0.208. The summed E-state index contributed by atoms with van der Waals surface area (Å²) in [4.78, 5) is 15.6. The van der Waals surface area contributed by atoms with Crippen molar-refractivity contribution in [2.24, 2.45) is 10.2 Å². The van der Waals surface area contributed by atoms with Gasteiger partial charge in [-0.2, -0.15) is 5.11 Å². The zero-order valence-electron chi connectivity index (χ0n) is 16.3. The molecule has 0 saturated carbocycles. The van der Waals surface area contributed by atoms with Crippen LogP contribution in [-0.4, -0.2) is 17.5 Å². The van der Waals surface area contributed by atoms with Crippen LogP contribution in [0.2, 0.25) is 0 Å². The van der Waals surface area contributed by atoms with E-state index in [0.29, 0.717) is 0 Å². The van der Waals surface area contributed by atoms with Crippen LogP contribution < -0.4 is 4.90 Å². The number of β-lactam (4-membered cyclic amide) rings is 1. The van der Waals surface area contributed by atoms with Crippen LogP contribution >= 0.6 is 0 Å². The van der Waals surface area contributed by atoms with Gasteiger partial charge in [0.1, 0.15) is 0 Å². The molecule has 2 aliphatic rings. The SMILES string of the molecule is CC1(C)N=N[C@]2(O1)N(c1ccccc1)C(=O)C2(c1ccccc1)c1ccccc1. The van der Waals surface area contributed by atoms with Gasteiger partial charge in [-0.05, 0) is 37.1 Å². The van der Waals surface area contributed by atoms with Crippen molar-refractivity contribution in [3.05, 3.63) is 102 Å². The molecule has 0 bridgehead atoms. The number of anilines is 1. The van der Waals surface area contributed by atoms with Crippen LogP contribution in [0.1, 0.15) is 25.0 Å². The minimum Gasteiger partial charge on any atom is -0.304 e. The maximum Gasteiger partial charge on any atom is 0.289 e. The third kappa shape index (κ3) is 2.28. The second-order valence-electron chi connectivity index (χ2n) is 7.82. The third-order valence-electron chi connectivity index (χ3n) is 5.56. The Hall–Kier alpha value is -3.31. The standard InChI is InChI=1S/C24H21N3O2/c1-22(2)25-26-24(29-22)23(18-12-6-3-7-13-18,19-14-8-4-9-15-19)21(28)27(24)20-16-10-5-11-17-20/h3-17H,1-2H3/t24-/m0/s1. The van der Waals surface area contributed by atoms with E-state index in [1.54, 1.807) is 4.90 Å². The lowest BCUT2D eigenvalue weighted by atomic mass is 9.62. The Morgan fingerprint density at radius 3 is 1.66 bits per heavy atom. The molecular weight excluding hydrogens is 362 g/mol. The summed E-state index contributed by atoms with van der Waals surface area (Å²) in [6.07, 6.45) is 0. The van der Waals surface area contributed by atoms with E-state index in [-0.39, 0.29) is 5.91 Å². The van der Waals surface area contributed by atoms with Crippen LogP contribution in [0.25, 0.3) is 0 Å². The van der Waals surface area contributed by atoms with Crippen LogP contribution in [0.4, 0.5) is 5.69 Å². The molecule has 1 atom stereocenters. The summed E-state index contributed by atoms with van der Waals surface area (Å²) in [6.45, 7) is 3.72. The quantitative estimate of drug-likeness (QED) is 0.605. The average molecular weight is 383 g/mol. The summed E-state index contributed by atoms with van der Waals surface area (Å²) < 4.78 is 6.51. The van der Waals surface area contributed by atoms with Gasteiger partial charge in [-0.1, -0.05) is 78.9 Å². The highest BCUT2D eigenvalue weighted by atomic mass is 16.6. The number of nitrogens with zero attached hydrogens (tertiary/aromatic N) is 3. The van der Waals surface area contributed by atoms with Gasteiger partial charge in [-0.25, -0.2) is 0 Å². The van der Waals surface area contributed by atoms with Crippen molar-refractivity contribution in [2.75, 3.05) is 4.90 Å².